The summed E-state index contributed by atoms with van der Waals surface area (Å²) in [5.74, 6) is -0.105. The lowest BCUT2D eigenvalue weighted by molar-refractivity contribution is 0.0951. The van der Waals surface area contributed by atoms with Gasteiger partial charge in [-0.1, -0.05) is 29.8 Å². The van der Waals surface area contributed by atoms with Gasteiger partial charge in [-0.05, 0) is 49.4 Å². The number of aryl methyl sites for hydroxylation is 1. The van der Waals surface area contributed by atoms with Crippen molar-refractivity contribution in [2.75, 3.05) is 0 Å². The Kier molecular flexibility index (Phi) is 5.28. The highest BCUT2D eigenvalue weighted by Gasteiger charge is 2.13. The second kappa shape index (κ2) is 8.00. The molecule has 4 rings (SSSR count). The normalized spacial score (nSPS) is 10.8. The van der Waals surface area contributed by atoms with E-state index in [1.807, 2.05) is 84.5 Å². The minimum Gasteiger partial charge on any atom is -0.347 e. The molecule has 0 fully saturated rings. The molecule has 140 valence electrons. The van der Waals surface area contributed by atoms with Crippen LogP contribution in [0.2, 0.25) is 5.02 Å². The van der Waals surface area contributed by atoms with E-state index in [2.05, 4.69) is 10.3 Å². The highest BCUT2D eigenvalue weighted by atomic mass is 35.5. The third kappa shape index (κ3) is 3.86. The zero-order valence-electron chi connectivity index (χ0n) is 15.2. The Labute approximate surface area is 172 Å². The summed E-state index contributed by atoms with van der Waals surface area (Å²) in [7, 11) is 0. The van der Waals surface area contributed by atoms with Gasteiger partial charge in [-0.25, -0.2) is 4.98 Å². The summed E-state index contributed by atoms with van der Waals surface area (Å²) in [5.41, 5.74) is 3.47. The first-order valence-corrected chi connectivity index (χ1v) is 10.0. The molecule has 2 aromatic carbocycles. The molecule has 4 aromatic rings. The molecule has 0 unspecified atom stereocenters. The van der Waals surface area contributed by atoms with Gasteiger partial charge in [-0.3, -0.25) is 4.79 Å². The molecule has 0 saturated heterocycles. The molecule has 4 nitrogen and oxygen atoms in total. The van der Waals surface area contributed by atoms with Crippen LogP contribution in [-0.4, -0.2) is 15.5 Å². The summed E-state index contributed by atoms with van der Waals surface area (Å²) in [6.07, 6.45) is 3.94. The van der Waals surface area contributed by atoms with E-state index in [1.165, 1.54) is 0 Å². The predicted octanol–water partition coefficient (Wildman–Crippen LogP) is 5.49. The van der Waals surface area contributed by atoms with Crippen LogP contribution in [-0.2, 0) is 6.54 Å². The average molecular weight is 408 g/mol. The first-order valence-electron chi connectivity index (χ1n) is 8.84. The molecule has 0 spiro atoms. The zero-order valence-corrected chi connectivity index (χ0v) is 16.8. The molecule has 6 heteroatoms. The highest BCUT2D eigenvalue weighted by Crippen LogP contribution is 2.32. The molecule has 1 amide bonds. The van der Waals surface area contributed by atoms with Crippen LogP contribution >= 0.6 is 22.9 Å². The molecule has 2 heterocycles. The third-order valence-electron chi connectivity index (χ3n) is 4.44. The summed E-state index contributed by atoms with van der Waals surface area (Å²) in [6.45, 7) is 2.39. The Bertz CT molecular complexity index is 1100. The molecule has 28 heavy (non-hydrogen) atoms. The van der Waals surface area contributed by atoms with E-state index in [4.69, 9.17) is 11.6 Å². The lowest BCUT2D eigenvalue weighted by Gasteiger charge is -2.06. The van der Waals surface area contributed by atoms with Crippen LogP contribution in [0, 0.1) is 6.92 Å². The van der Waals surface area contributed by atoms with Crippen molar-refractivity contribution >= 4 is 28.8 Å². The maximum absolute atomic E-state index is 12.5. The Morgan fingerprint density at radius 3 is 2.50 bits per heavy atom. The molecule has 0 saturated carbocycles. The third-order valence-corrected chi connectivity index (χ3v) is 5.96. The van der Waals surface area contributed by atoms with Gasteiger partial charge in [0, 0.05) is 34.1 Å². The summed E-state index contributed by atoms with van der Waals surface area (Å²) in [5, 5.41) is 4.52. The van der Waals surface area contributed by atoms with Crippen molar-refractivity contribution in [3.63, 3.8) is 0 Å². The van der Waals surface area contributed by atoms with Gasteiger partial charge in [-0.2, -0.15) is 0 Å². The van der Waals surface area contributed by atoms with Gasteiger partial charge in [0.1, 0.15) is 5.01 Å². The van der Waals surface area contributed by atoms with Crippen molar-refractivity contribution in [2.45, 2.75) is 13.5 Å². The first-order chi connectivity index (χ1) is 13.6. The van der Waals surface area contributed by atoms with Gasteiger partial charge >= 0.3 is 0 Å². The smallest absolute Gasteiger partial charge is 0.251 e. The lowest BCUT2D eigenvalue weighted by Crippen LogP contribution is -2.22. The summed E-state index contributed by atoms with van der Waals surface area (Å²) < 4.78 is 2.00. The number of nitrogens with one attached hydrogen (secondary N) is 1. The Balaban J connectivity index is 1.44. The van der Waals surface area contributed by atoms with Crippen LogP contribution < -0.4 is 5.32 Å². The molecule has 0 atom stereocenters. The van der Waals surface area contributed by atoms with Gasteiger partial charge in [0.05, 0.1) is 17.3 Å². The van der Waals surface area contributed by atoms with Crippen LogP contribution in [0.3, 0.4) is 0 Å². The Morgan fingerprint density at radius 2 is 1.79 bits per heavy atom. The van der Waals surface area contributed by atoms with Crippen molar-refractivity contribution < 1.29 is 4.79 Å². The Hall–Kier alpha value is -2.89. The van der Waals surface area contributed by atoms with E-state index in [0.717, 1.165) is 26.8 Å². The average Bonchev–Trinajstić information content (AvgIpc) is 3.37. The highest BCUT2D eigenvalue weighted by molar-refractivity contribution is 7.15. The van der Waals surface area contributed by atoms with Crippen LogP contribution in [0.15, 0.2) is 73.1 Å². The van der Waals surface area contributed by atoms with Crippen molar-refractivity contribution in [1.82, 2.24) is 14.9 Å². The first kappa shape index (κ1) is 18.5. The molecule has 0 aliphatic carbocycles. The van der Waals surface area contributed by atoms with E-state index in [9.17, 15) is 4.79 Å². The maximum Gasteiger partial charge on any atom is 0.251 e. The van der Waals surface area contributed by atoms with Crippen molar-refractivity contribution in [3.8, 4) is 16.3 Å². The van der Waals surface area contributed by atoms with Crippen molar-refractivity contribution in [1.29, 1.82) is 0 Å². The standard InChI is InChI=1S/C22H18ClN3OS/c1-15-20(28-22(25-15)18-6-2-3-7-19(18)23)14-24-21(27)16-8-10-17(11-9-16)26-12-4-5-13-26/h2-13H,14H2,1H3,(H,24,27). The fourth-order valence-electron chi connectivity index (χ4n) is 2.90. The van der Waals surface area contributed by atoms with Crippen LogP contribution in [0.1, 0.15) is 20.9 Å². The molecule has 0 aliphatic rings. The SMILES string of the molecule is Cc1nc(-c2ccccc2Cl)sc1CNC(=O)c1ccc(-n2cccc2)cc1. The predicted molar refractivity (Wildman–Crippen MR) is 114 cm³/mol. The van der Waals surface area contributed by atoms with E-state index in [1.54, 1.807) is 11.3 Å². The quantitative estimate of drug-likeness (QED) is 0.475. The van der Waals surface area contributed by atoms with E-state index < -0.39 is 0 Å². The minimum absolute atomic E-state index is 0.105. The second-order valence-corrected chi connectivity index (χ2v) is 7.82. The Morgan fingerprint density at radius 1 is 1.07 bits per heavy atom. The van der Waals surface area contributed by atoms with Crippen molar-refractivity contribution in [3.05, 3.63) is 94.2 Å². The molecule has 0 aliphatic heterocycles. The number of amides is 1. The van der Waals surface area contributed by atoms with Crippen LogP contribution in [0.5, 0.6) is 0 Å². The molecule has 0 bridgehead atoms. The molecular formula is C22H18ClN3OS. The van der Waals surface area contributed by atoms with Gasteiger partial charge < -0.3 is 9.88 Å². The topological polar surface area (TPSA) is 46.9 Å². The molecule has 2 aromatic heterocycles. The van der Waals surface area contributed by atoms with Gasteiger partial charge in [0.2, 0.25) is 0 Å². The number of nitrogens with zero attached hydrogens (tertiary/aromatic N) is 2. The number of carbonyl (C=O) groups excluding carboxylic acids is 1. The van der Waals surface area contributed by atoms with E-state index >= 15 is 0 Å². The number of hydrogen-bond acceptors (Lipinski definition) is 3. The van der Waals surface area contributed by atoms with E-state index in [-0.39, 0.29) is 5.91 Å². The lowest BCUT2D eigenvalue weighted by atomic mass is 10.2. The van der Waals surface area contributed by atoms with Crippen LogP contribution in [0.25, 0.3) is 16.3 Å². The van der Waals surface area contributed by atoms with Crippen molar-refractivity contribution in [2.24, 2.45) is 0 Å². The number of rotatable bonds is 5. The number of halogens is 1. The number of aromatic nitrogens is 2. The number of carbonyl (C=O) groups is 1. The minimum atomic E-state index is -0.105. The summed E-state index contributed by atoms with van der Waals surface area (Å²) >= 11 is 7.82. The second-order valence-electron chi connectivity index (χ2n) is 6.33. The van der Waals surface area contributed by atoms with E-state index in [0.29, 0.717) is 17.1 Å². The number of benzene rings is 2. The number of thiazole rings is 1. The van der Waals surface area contributed by atoms with Gasteiger partial charge in [-0.15, -0.1) is 11.3 Å². The maximum atomic E-state index is 12.5. The fraction of sp³-hybridized carbons (Fsp3) is 0.0909. The summed E-state index contributed by atoms with van der Waals surface area (Å²) in [6, 6.07) is 19.1. The molecule has 1 N–H and O–H groups in total. The zero-order chi connectivity index (χ0) is 19.5. The molecule has 0 radical (unpaired) electrons. The fourth-order valence-corrected chi connectivity index (χ4v) is 4.22. The largest absolute Gasteiger partial charge is 0.347 e. The number of hydrogen-bond donors (Lipinski definition) is 1. The van der Waals surface area contributed by atoms with Gasteiger partial charge in [0.15, 0.2) is 0 Å². The monoisotopic (exact) mass is 407 g/mol. The summed E-state index contributed by atoms with van der Waals surface area (Å²) in [4.78, 5) is 18.1. The molecular weight excluding hydrogens is 390 g/mol. The van der Waals surface area contributed by atoms with Gasteiger partial charge in [0.25, 0.3) is 5.91 Å². The van der Waals surface area contributed by atoms with Crippen LogP contribution in [0.4, 0.5) is 0 Å².